The Morgan fingerprint density at radius 2 is 1.40 bits per heavy atom. The SMILES string of the molecule is COc1cc(OC)c(OC)cc1/C=C/c1cc[nH+]cc1. The van der Waals surface area contributed by atoms with Gasteiger partial charge in [0.1, 0.15) is 5.75 Å². The summed E-state index contributed by atoms with van der Waals surface area (Å²) >= 11 is 0. The number of methoxy groups -OCH3 is 3. The molecule has 104 valence electrons. The molecule has 1 aromatic heterocycles. The summed E-state index contributed by atoms with van der Waals surface area (Å²) in [5.74, 6) is 2.06. The minimum Gasteiger partial charge on any atom is -0.496 e. The lowest BCUT2D eigenvalue weighted by molar-refractivity contribution is -0.378. The molecule has 0 saturated carbocycles. The Kier molecular flexibility index (Phi) is 4.60. The van der Waals surface area contributed by atoms with Crippen molar-refractivity contribution in [2.75, 3.05) is 21.3 Å². The van der Waals surface area contributed by atoms with Gasteiger partial charge in [-0.1, -0.05) is 12.2 Å². The molecule has 0 amide bonds. The fraction of sp³-hybridized carbons (Fsp3) is 0.188. The van der Waals surface area contributed by atoms with Crippen LogP contribution >= 0.6 is 0 Å². The van der Waals surface area contributed by atoms with Crippen molar-refractivity contribution < 1.29 is 19.2 Å². The van der Waals surface area contributed by atoms with Crippen molar-refractivity contribution in [2.24, 2.45) is 0 Å². The van der Waals surface area contributed by atoms with Gasteiger partial charge in [0, 0.05) is 23.8 Å². The molecule has 0 unspecified atom stereocenters. The van der Waals surface area contributed by atoms with Crippen molar-refractivity contribution in [1.82, 2.24) is 0 Å². The summed E-state index contributed by atoms with van der Waals surface area (Å²) in [6.07, 6.45) is 7.75. The molecule has 0 fully saturated rings. The van der Waals surface area contributed by atoms with Crippen LogP contribution in [0.15, 0.2) is 36.7 Å². The quantitative estimate of drug-likeness (QED) is 0.840. The van der Waals surface area contributed by atoms with E-state index in [1.54, 1.807) is 21.3 Å². The predicted molar refractivity (Wildman–Crippen MR) is 78.0 cm³/mol. The number of benzene rings is 1. The molecule has 1 heterocycles. The van der Waals surface area contributed by atoms with Crippen LogP contribution in [0, 0.1) is 0 Å². The first-order valence-corrected chi connectivity index (χ1v) is 6.22. The van der Waals surface area contributed by atoms with Crippen LogP contribution in [0.1, 0.15) is 11.1 Å². The van der Waals surface area contributed by atoms with Crippen molar-refractivity contribution >= 4 is 12.2 Å². The van der Waals surface area contributed by atoms with E-state index in [1.807, 2.05) is 48.8 Å². The van der Waals surface area contributed by atoms with Gasteiger partial charge >= 0.3 is 0 Å². The molecule has 0 atom stereocenters. The maximum absolute atomic E-state index is 5.38. The van der Waals surface area contributed by atoms with Crippen LogP contribution in [0.25, 0.3) is 12.2 Å². The molecule has 0 aliphatic carbocycles. The maximum Gasteiger partial charge on any atom is 0.167 e. The third-order valence-corrected chi connectivity index (χ3v) is 2.94. The Hall–Kier alpha value is -2.49. The molecule has 2 rings (SSSR count). The van der Waals surface area contributed by atoms with Crippen molar-refractivity contribution in [3.63, 3.8) is 0 Å². The Labute approximate surface area is 118 Å². The number of hydrogen-bond acceptors (Lipinski definition) is 3. The molecule has 0 bridgehead atoms. The summed E-state index contributed by atoms with van der Waals surface area (Å²) in [4.78, 5) is 2.99. The minimum absolute atomic E-state index is 0.649. The van der Waals surface area contributed by atoms with Gasteiger partial charge < -0.3 is 14.2 Å². The van der Waals surface area contributed by atoms with Gasteiger partial charge in [0.25, 0.3) is 0 Å². The van der Waals surface area contributed by atoms with Gasteiger partial charge in [0.2, 0.25) is 0 Å². The normalized spacial score (nSPS) is 10.6. The second-order valence-corrected chi connectivity index (χ2v) is 4.12. The third-order valence-electron chi connectivity index (χ3n) is 2.94. The Morgan fingerprint density at radius 3 is 2.00 bits per heavy atom. The molecular weight excluding hydrogens is 254 g/mol. The highest BCUT2D eigenvalue weighted by atomic mass is 16.5. The molecule has 4 heteroatoms. The zero-order valence-corrected chi connectivity index (χ0v) is 11.8. The van der Waals surface area contributed by atoms with Gasteiger partial charge in [-0.3, -0.25) is 0 Å². The summed E-state index contributed by atoms with van der Waals surface area (Å²) in [6.45, 7) is 0. The lowest BCUT2D eigenvalue weighted by atomic mass is 10.1. The van der Waals surface area contributed by atoms with Crippen molar-refractivity contribution in [3.05, 3.63) is 47.8 Å². The number of rotatable bonds is 5. The van der Waals surface area contributed by atoms with E-state index in [4.69, 9.17) is 14.2 Å². The fourth-order valence-electron chi connectivity index (χ4n) is 1.88. The first-order chi connectivity index (χ1) is 9.78. The van der Waals surface area contributed by atoms with Crippen LogP contribution in [0.2, 0.25) is 0 Å². The highest BCUT2D eigenvalue weighted by Crippen LogP contribution is 2.35. The van der Waals surface area contributed by atoms with Crippen LogP contribution in [0.4, 0.5) is 0 Å². The van der Waals surface area contributed by atoms with E-state index in [9.17, 15) is 0 Å². The summed E-state index contributed by atoms with van der Waals surface area (Å²) < 4.78 is 16.0. The van der Waals surface area contributed by atoms with Gasteiger partial charge in [-0.25, -0.2) is 4.98 Å². The standard InChI is InChI=1S/C16H17NO3/c1-18-14-11-16(20-3)15(19-2)10-13(14)5-4-12-6-8-17-9-7-12/h4-11H,1-3H3/p+1/b5-4+. The van der Waals surface area contributed by atoms with Gasteiger partial charge in [0.15, 0.2) is 23.9 Å². The number of aromatic nitrogens is 1. The zero-order valence-electron chi connectivity index (χ0n) is 11.8. The van der Waals surface area contributed by atoms with Gasteiger partial charge in [-0.15, -0.1) is 0 Å². The third kappa shape index (κ3) is 3.09. The molecule has 2 aromatic rings. The Balaban J connectivity index is 2.37. The smallest absolute Gasteiger partial charge is 0.167 e. The molecule has 1 aromatic carbocycles. The predicted octanol–water partition coefficient (Wildman–Crippen LogP) is 2.70. The second-order valence-electron chi connectivity index (χ2n) is 4.12. The van der Waals surface area contributed by atoms with Gasteiger partial charge in [0.05, 0.1) is 21.3 Å². The van der Waals surface area contributed by atoms with Crippen LogP contribution in [0.3, 0.4) is 0 Å². The molecule has 0 saturated heterocycles. The highest BCUT2D eigenvalue weighted by molar-refractivity contribution is 5.74. The van der Waals surface area contributed by atoms with Gasteiger partial charge in [-0.2, -0.15) is 0 Å². The number of hydrogen-bond donors (Lipinski definition) is 0. The minimum atomic E-state index is 0.649. The van der Waals surface area contributed by atoms with Crippen LogP contribution in [-0.2, 0) is 0 Å². The van der Waals surface area contributed by atoms with Gasteiger partial charge in [-0.05, 0) is 11.6 Å². The molecule has 0 aliphatic rings. The lowest BCUT2D eigenvalue weighted by Crippen LogP contribution is -1.96. The second kappa shape index (κ2) is 6.61. The first-order valence-electron chi connectivity index (χ1n) is 6.22. The van der Waals surface area contributed by atoms with Crippen LogP contribution in [0.5, 0.6) is 17.2 Å². The maximum atomic E-state index is 5.38. The largest absolute Gasteiger partial charge is 0.496 e. The van der Waals surface area contributed by atoms with E-state index in [1.165, 1.54) is 0 Å². The molecule has 20 heavy (non-hydrogen) atoms. The van der Waals surface area contributed by atoms with Crippen LogP contribution < -0.4 is 19.2 Å². The molecule has 1 N–H and O–H groups in total. The average molecular weight is 272 g/mol. The van der Waals surface area contributed by atoms with Crippen molar-refractivity contribution in [2.45, 2.75) is 0 Å². The molecule has 0 aliphatic heterocycles. The van der Waals surface area contributed by atoms with E-state index in [2.05, 4.69) is 4.98 Å². The lowest BCUT2D eigenvalue weighted by Gasteiger charge is -2.12. The highest BCUT2D eigenvalue weighted by Gasteiger charge is 2.09. The number of aromatic amines is 1. The summed E-state index contributed by atoms with van der Waals surface area (Å²) in [7, 11) is 4.86. The monoisotopic (exact) mass is 272 g/mol. The number of nitrogens with one attached hydrogen (secondary N) is 1. The first kappa shape index (κ1) is 13.9. The summed E-state index contributed by atoms with van der Waals surface area (Å²) in [5, 5.41) is 0. The fourth-order valence-corrected chi connectivity index (χ4v) is 1.88. The summed E-state index contributed by atoms with van der Waals surface area (Å²) in [6, 6.07) is 7.69. The van der Waals surface area contributed by atoms with Crippen molar-refractivity contribution in [1.29, 1.82) is 0 Å². The average Bonchev–Trinajstić information content (AvgIpc) is 2.52. The molecule has 0 spiro atoms. The molecule has 0 radical (unpaired) electrons. The molecular formula is C16H18NO3+. The number of pyridine rings is 1. The Bertz CT molecular complexity index is 594. The number of H-pyrrole nitrogens is 1. The van der Waals surface area contributed by atoms with E-state index >= 15 is 0 Å². The summed E-state index contributed by atoms with van der Waals surface area (Å²) in [5.41, 5.74) is 2.03. The number of ether oxygens (including phenoxy) is 3. The zero-order chi connectivity index (χ0) is 14.4. The van der Waals surface area contributed by atoms with Crippen LogP contribution in [-0.4, -0.2) is 21.3 Å². The Morgan fingerprint density at radius 1 is 0.800 bits per heavy atom. The van der Waals surface area contributed by atoms with E-state index in [0.29, 0.717) is 11.5 Å². The van der Waals surface area contributed by atoms with Crippen molar-refractivity contribution in [3.8, 4) is 17.2 Å². The van der Waals surface area contributed by atoms with E-state index in [0.717, 1.165) is 16.9 Å². The molecule has 4 nitrogen and oxygen atoms in total. The van der Waals surface area contributed by atoms with E-state index < -0.39 is 0 Å². The topological polar surface area (TPSA) is 41.8 Å². The van der Waals surface area contributed by atoms with E-state index in [-0.39, 0.29) is 0 Å².